The summed E-state index contributed by atoms with van der Waals surface area (Å²) in [5.41, 5.74) is -0.356. The smallest absolute Gasteiger partial charge is 0.419 e. The molecule has 0 unspecified atom stereocenters. The fourth-order valence-electron chi connectivity index (χ4n) is 3.14. The Balaban J connectivity index is 1.72. The standard InChI is InChI=1S/C19H21F3N4O2/c1-2-28-18(27)14-6-7-16(24-13-14)25-9-4-10-26(12-11-25)17-15(19(20,21)22)5-3-8-23-17/h3,5-8,13H,2,4,9-12H2,1H3. The van der Waals surface area contributed by atoms with Crippen LogP contribution in [0.2, 0.25) is 0 Å². The highest BCUT2D eigenvalue weighted by Crippen LogP contribution is 2.35. The molecule has 3 rings (SSSR count). The van der Waals surface area contributed by atoms with Gasteiger partial charge in [0.2, 0.25) is 0 Å². The van der Waals surface area contributed by atoms with E-state index in [4.69, 9.17) is 4.74 Å². The van der Waals surface area contributed by atoms with Gasteiger partial charge in [0.1, 0.15) is 11.6 Å². The van der Waals surface area contributed by atoms with Crippen LogP contribution in [0.15, 0.2) is 36.7 Å². The van der Waals surface area contributed by atoms with Crippen LogP contribution in [0.1, 0.15) is 29.3 Å². The maximum atomic E-state index is 13.3. The van der Waals surface area contributed by atoms with Gasteiger partial charge in [0.05, 0.1) is 17.7 Å². The highest BCUT2D eigenvalue weighted by atomic mass is 19.4. The number of carbonyl (C=O) groups is 1. The fourth-order valence-corrected chi connectivity index (χ4v) is 3.14. The van der Waals surface area contributed by atoms with E-state index in [1.165, 1.54) is 18.5 Å². The molecule has 28 heavy (non-hydrogen) atoms. The normalized spacial score (nSPS) is 15.3. The van der Waals surface area contributed by atoms with Gasteiger partial charge < -0.3 is 14.5 Å². The summed E-state index contributed by atoms with van der Waals surface area (Å²) in [5.74, 6) is 0.202. The number of nitrogens with zero attached hydrogens (tertiary/aromatic N) is 4. The molecule has 2 aromatic heterocycles. The van der Waals surface area contributed by atoms with Crippen LogP contribution in [0.5, 0.6) is 0 Å². The van der Waals surface area contributed by atoms with E-state index in [-0.39, 0.29) is 12.4 Å². The summed E-state index contributed by atoms with van der Waals surface area (Å²) in [6, 6.07) is 5.72. The zero-order valence-electron chi connectivity index (χ0n) is 15.4. The Kier molecular flexibility index (Phi) is 6.01. The molecule has 0 aromatic carbocycles. The van der Waals surface area contributed by atoms with Gasteiger partial charge in [0.15, 0.2) is 0 Å². The largest absolute Gasteiger partial charge is 0.462 e. The van der Waals surface area contributed by atoms with E-state index >= 15 is 0 Å². The Morgan fingerprint density at radius 3 is 2.54 bits per heavy atom. The molecular formula is C19H21F3N4O2. The minimum Gasteiger partial charge on any atom is -0.462 e. The lowest BCUT2D eigenvalue weighted by molar-refractivity contribution is -0.137. The van der Waals surface area contributed by atoms with Crippen molar-refractivity contribution in [2.45, 2.75) is 19.5 Å². The number of alkyl halides is 3. The first-order chi connectivity index (χ1) is 13.4. The van der Waals surface area contributed by atoms with Crippen LogP contribution < -0.4 is 9.80 Å². The van der Waals surface area contributed by atoms with Gasteiger partial charge in [-0.15, -0.1) is 0 Å². The quantitative estimate of drug-likeness (QED) is 0.741. The number of anilines is 2. The lowest BCUT2D eigenvalue weighted by atomic mass is 10.2. The second-order valence-corrected chi connectivity index (χ2v) is 6.33. The third-order valence-electron chi connectivity index (χ3n) is 4.47. The summed E-state index contributed by atoms with van der Waals surface area (Å²) in [6.45, 7) is 4.03. The predicted octanol–water partition coefficient (Wildman–Crippen LogP) is 3.39. The Morgan fingerprint density at radius 1 is 1.11 bits per heavy atom. The Hall–Kier alpha value is -2.84. The van der Waals surface area contributed by atoms with Crippen molar-refractivity contribution < 1.29 is 22.7 Å². The first-order valence-corrected chi connectivity index (χ1v) is 9.05. The van der Waals surface area contributed by atoms with Crippen molar-refractivity contribution in [2.75, 3.05) is 42.6 Å². The molecular weight excluding hydrogens is 373 g/mol. The van der Waals surface area contributed by atoms with E-state index in [0.29, 0.717) is 44.0 Å². The van der Waals surface area contributed by atoms with E-state index in [0.717, 1.165) is 6.07 Å². The van der Waals surface area contributed by atoms with E-state index in [2.05, 4.69) is 9.97 Å². The van der Waals surface area contributed by atoms with Crippen LogP contribution in [-0.2, 0) is 10.9 Å². The van der Waals surface area contributed by atoms with Gasteiger partial charge in [-0.25, -0.2) is 14.8 Å². The van der Waals surface area contributed by atoms with Crippen LogP contribution in [-0.4, -0.2) is 48.7 Å². The second-order valence-electron chi connectivity index (χ2n) is 6.33. The highest BCUT2D eigenvalue weighted by Gasteiger charge is 2.36. The molecule has 6 nitrogen and oxygen atoms in total. The zero-order valence-corrected chi connectivity index (χ0v) is 15.4. The summed E-state index contributed by atoms with van der Waals surface area (Å²) in [4.78, 5) is 23.7. The van der Waals surface area contributed by atoms with Gasteiger partial charge in [-0.1, -0.05) is 0 Å². The molecule has 3 heterocycles. The molecule has 1 aliphatic heterocycles. The summed E-state index contributed by atoms with van der Waals surface area (Å²) in [5, 5.41) is 0. The average Bonchev–Trinajstić information content (AvgIpc) is 2.94. The van der Waals surface area contributed by atoms with Gasteiger partial charge in [0, 0.05) is 38.6 Å². The van der Waals surface area contributed by atoms with Crippen LogP contribution in [0.25, 0.3) is 0 Å². The summed E-state index contributed by atoms with van der Waals surface area (Å²) < 4.78 is 44.8. The monoisotopic (exact) mass is 394 g/mol. The van der Waals surface area contributed by atoms with Crippen LogP contribution in [0.4, 0.5) is 24.8 Å². The SMILES string of the molecule is CCOC(=O)c1ccc(N2CCCN(c3ncccc3C(F)(F)F)CC2)nc1. The molecule has 2 aromatic rings. The third kappa shape index (κ3) is 4.52. The molecule has 150 valence electrons. The summed E-state index contributed by atoms with van der Waals surface area (Å²) >= 11 is 0. The summed E-state index contributed by atoms with van der Waals surface area (Å²) in [6.07, 6.45) is -0.950. The number of carbonyl (C=O) groups excluding carboxylic acids is 1. The maximum absolute atomic E-state index is 13.3. The van der Waals surface area contributed by atoms with Gasteiger partial charge in [-0.3, -0.25) is 0 Å². The molecule has 0 bridgehead atoms. The topological polar surface area (TPSA) is 58.6 Å². The Labute approximate surface area is 160 Å². The van der Waals surface area contributed by atoms with Crippen molar-refractivity contribution in [1.82, 2.24) is 9.97 Å². The van der Waals surface area contributed by atoms with Crippen molar-refractivity contribution in [3.8, 4) is 0 Å². The molecule has 0 amide bonds. The zero-order chi connectivity index (χ0) is 20.1. The molecule has 0 spiro atoms. The maximum Gasteiger partial charge on any atom is 0.419 e. The average molecular weight is 394 g/mol. The number of hydrogen-bond acceptors (Lipinski definition) is 6. The van der Waals surface area contributed by atoms with Crippen LogP contribution >= 0.6 is 0 Å². The number of ether oxygens (including phenoxy) is 1. The molecule has 9 heteroatoms. The van der Waals surface area contributed by atoms with Crippen molar-refractivity contribution >= 4 is 17.6 Å². The molecule has 0 radical (unpaired) electrons. The van der Waals surface area contributed by atoms with Crippen LogP contribution in [0, 0.1) is 0 Å². The molecule has 1 saturated heterocycles. The molecule has 0 atom stereocenters. The number of hydrogen-bond donors (Lipinski definition) is 0. The van der Waals surface area contributed by atoms with E-state index in [1.807, 2.05) is 4.90 Å². The number of rotatable bonds is 4. The predicted molar refractivity (Wildman–Crippen MR) is 98.5 cm³/mol. The van der Waals surface area contributed by atoms with E-state index < -0.39 is 17.7 Å². The molecule has 1 aliphatic rings. The number of pyridine rings is 2. The molecule has 0 saturated carbocycles. The Morgan fingerprint density at radius 2 is 1.86 bits per heavy atom. The number of halogens is 3. The first-order valence-electron chi connectivity index (χ1n) is 9.05. The third-order valence-corrected chi connectivity index (χ3v) is 4.47. The fraction of sp³-hybridized carbons (Fsp3) is 0.421. The van der Waals surface area contributed by atoms with Crippen molar-refractivity contribution in [2.24, 2.45) is 0 Å². The van der Waals surface area contributed by atoms with Crippen molar-refractivity contribution in [3.05, 3.63) is 47.8 Å². The lowest BCUT2D eigenvalue weighted by Gasteiger charge is -2.25. The second kappa shape index (κ2) is 8.45. The molecule has 0 N–H and O–H groups in total. The minimum atomic E-state index is -4.44. The first kappa shape index (κ1) is 19.9. The Bertz CT molecular complexity index is 812. The van der Waals surface area contributed by atoms with Crippen molar-refractivity contribution in [3.63, 3.8) is 0 Å². The van der Waals surface area contributed by atoms with Gasteiger partial charge in [-0.05, 0) is 37.6 Å². The lowest BCUT2D eigenvalue weighted by Crippen LogP contribution is -2.32. The van der Waals surface area contributed by atoms with E-state index in [9.17, 15) is 18.0 Å². The highest BCUT2D eigenvalue weighted by molar-refractivity contribution is 5.89. The number of esters is 1. The molecule has 1 fully saturated rings. The van der Waals surface area contributed by atoms with Gasteiger partial charge in [0.25, 0.3) is 0 Å². The van der Waals surface area contributed by atoms with Gasteiger partial charge >= 0.3 is 12.1 Å². The van der Waals surface area contributed by atoms with Crippen molar-refractivity contribution in [1.29, 1.82) is 0 Å². The van der Waals surface area contributed by atoms with E-state index in [1.54, 1.807) is 24.0 Å². The molecule has 0 aliphatic carbocycles. The number of aromatic nitrogens is 2. The van der Waals surface area contributed by atoms with Gasteiger partial charge in [-0.2, -0.15) is 13.2 Å². The summed E-state index contributed by atoms with van der Waals surface area (Å²) in [7, 11) is 0. The minimum absolute atomic E-state index is 0.0394. The van der Waals surface area contributed by atoms with Crippen LogP contribution in [0.3, 0.4) is 0 Å².